The number of para-hydroxylation sites is 5. The van der Waals surface area contributed by atoms with Crippen molar-refractivity contribution in [3.05, 3.63) is 311 Å². The number of hydrogen-bond acceptors (Lipinski definition) is 26. The second-order valence-corrected chi connectivity index (χ2v) is 24.0. The van der Waals surface area contributed by atoms with Crippen LogP contribution in [0.5, 0.6) is 0 Å². The number of hydrogen-bond donors (Lipinski definition) is 2. The normalized spacial score (nSPS) is 9.60. The zero-order valence-electron chi connectivity index (χ0n) is 59.4. The summed E-state index contributed by atoms with van der Waals surface area (Å²) in [6, 6.07) is 48.7. The van der Waals surface area contributed by atoms with Crippen LogP contribution in [0.1, 0.15) is 73.6 Å². The average Bonchev–Trinajstić information content (AvgIpc) is 1.67. The molecule has 13 aromatic heterocycles. The highest BCUT2D eigenvalue weighted by molar-refractivity contribution is 7.09. The van der Waals surface area contributed by atoms with Crippen molar-refractivity contribution in [1.29, 1.82) is 0 Å². The van der Waals surface area contributed by atoms with Gasteiger partial charge < -0.3 is 18.3 Å². The van der Waals surface area contributed by atoms with E-state index in [1.54, 1.807) is 91.7 Å². The highest BCUT2D eigenvalue weighted by Gasteiger charge is 1.97. The molecule has 0 aliphatic rings. The Morgan fingerprint density at radius 1 is 0.388 bits per heavy atom. The van der Waals surface area contributed by atoms with Crippen molar-refractivity contribution in [1.82, 2.24) is 110 Å². The Balaban J connectivity index is 0.000000177. The summed E-state index contributed by atoms with van der Waals surface area (Å²) in [5, 5.41) is 33.9. The first kappa shape index (κ1) is 79.6. The van der Waals surface area contributed by atoms with Crippen LogP contribution in [0.4, 0.5) is 0 Å². The van der Waals surface area contributed by atoms with E-state index in [-0.39, 0.29) is 0 Å². The number of aromatic nitrogens is 22. The number of oxazole rings is 1. The Morgan fingerprint density at radius 2 is 1.06 bits per heavy atom. The van der Waals surface area contributed by atoms with Gasteiger partial charge in [-0.3, -0.25) is 30.0 Å². The van der Waals surface area contributed by atoms with E-state index in [4.69, 9.17) is 4.42 Å². The van der Waals surface area contributed by atoms with Crippen molar-refractivity contribution in [3.8, 4) is 0 Å². The fourth-order valence-electron chi connectivity index (χ4n) is 7.76. The third-order valence-corrected chi connectivity index (χ3v) is 14.5. The van der Waals surface area contributed by atoms with Crippen molar-refractivity contribution in [2.45, 2.75) is 90.0 Å². The number of pyridine rings is 3. The molecule has 0 fully saturated rings. The number of benzene rings is 5. The molecule has 0 saturated heterocycles. The van der Waals surface area contributed by atoms with Gasteiger partial charge in [-0.15, -0.1) is 43.1 Å². The van der Waals surface area contributed by atoms with Gasteiger partial charge in [0.25, 0.3) is 0 Å². The summed E-state index contributed by atoms with van der Waals surface area (Å²) in [5.74, 6) is 5.51. The minimum absolute atomic E-state index is 0.606. The molecule has 0 spiro atoms. The van der Waals surface area contributed by atoms with Gasteiger partial charge in [0.2, 0.25) is 18.7 Å². The van der Waals surface area contributed by atoms with E-state index in [9.17, 15) is 0 Å². The molecule has 25 nitrogen and oxygen atoms in total. The zero-order valence-corrected chi connectivity index (χ0v) is 61.9. The number of aryl methyl sites for hydroxylation is 13. The molecule has 5 aromatic carbocycles. The fraction of sp³-hybridized carbons (Fsp3) is 0.173. The number of nitrogens with one attached hydrogen (secondary N) is 2. The van der Waals surface area contributed by atoms with Crippen LogP contribution in [0.25, 0.3) is 54.5 Å². The largest absolute Gasteiger partial charge is 0.449 e. The van der Waals surface area contributed by atoms with Crippen molar-refractivity contribution < 1.29 is 13.4 Å². The van der Waals surface area contributed by atoms with Crippen LogP contribution in [0.2, 0.25) is 0 Å². The number of nitrogens with zero attached hydrogens (tertiary/aromatic N) is 20. The molecule has 0 aliphatic carbocycles. The van der Waals surface area contributed by atoms with E-state index in [1.807, 2.05) is 189 Å². The first-order chi connectivity index (χ1) is 50.0. The summed E-state index contributed by atoms with van der Waals surface area (Å²) >= 11 is 4.60. The molecule has 526 valence electrons. The molecule has 18 aromatic rings. The van der Waals surface area contributed by atoms with Crippen molar-refractivity contribution in [2.75, 3.05) is 0 Å². The highest BCUT2D eigenvalue weighted by atomic mass is 32.1. The van der Waals surface area contributed by atoms with E-state index in [0.717, 1.165) is 89.3 Å². The van der Waals surface area contributed by atoms with Gasteiger partial charge in [-0.25, -0.2) is 34.9 Å². The maximum atomic E-state index is 4.72. The van der Waals surface area contributed by atoms with E-state index in [2.05, 4.69) is 168 Å². The predicted octanol–water partition coefficient (Wildman–Crippen LogP) is 17.2. The van der Waals surface area contributed by atoms with Crippen LogP contribution in [-0.2, 0) is 0 Å². The summed E-state index contributed by atoms with van der Waals surface area (Å²) in [7, 11) is 0. The molecule has 18 rings (SSSR count). The average molecular weight is 1430 g/mol. The summed E-state index contributed by atoms with van der Waals surface area (Å²) in [6.45, 7) is 24.8. The van der Waals surface area contributed by atoms with Crippen LogP contribution in [-0.4, -0.2) is 110 Å². The minimum atomic E-state index is 0.606. The summed E-state index contributed by atoms with van der Waals surface area (Å²) in [6.07, 6.45) is 20.0. The molecule has 0 atom stereocenters. The van der Waals surface area contributed by atoms with Gasteiger partial charge in [0.15, 0.2) is 11.7 Å². The third kappa shape index (κ3) is 33.3. The predicted molar refractivity (Wildman–Crippen MR) is 408 cm³/mol. The van der Waals surface area contributed by atoms with Crippen LogP contribution >= 0.6 is 34.2 Å². The number of imidazole rings is 1. The van der Waals surface area contributed by atoms with Gasteiger partial charge in [0.1, 0.15) is 51.9 Å². The molecule has 0 bridgehead atoms. The summed E-state index contributed by atoms with van der Waals surface area (Å²) < 4.78 is 17.5. The lowest BCUT2D eigenvalue weighted by Crippen LogP contribution is -1.86. The third-order valence-electron chi connectivity index (χ3n) is 12.6. The van der Waals surface area contributed by atoms with E-state index >= 15 is 0 Å². The Labute approximate surface area is 608 Å². The first-order valence-corrected chi connectivity index (χ1v) is 34.3. The van der Waals surface area contributed by atoms with Crippen LogP contribution < -0.4 is 0 Å². The number of fused-ring (bicyclic) bond motifs is 5. The molecule has 2 N–H and O–H groups in total. The lowest BCUT2D eigenvalue weighted by atomic mass is 10.1. The Hall–Kier alpha value is -12.4. The number of H-pyrrole nitrogens is 2. The van der Waals surface area contributed by atoms with Gasteiger partial charge in [-0.1, -0.05) is 102 Å². The molecule has 28 heteroatoms. The molecular formula is C75H80N22O3S3. The van der Waals surface area contributed by atoms with E-state index in [0.29, 0.717) is 11.7 Å². The number of aromatic amines is 2. The SMILES string of the molecule is Cc1cc2ccccc2cn1.Cc1ccc2ccccc2n1.Cc1cnc2ccccc2c1.Cc1cnc2ccccc2n1.Cc1ncc2ccccc2n1.Cc1ncc[nH]1.Cc1ncco1.Cc1nccs1.Cc1ncn[nH]1.Cc1ncon1.Cc1ncsn1.Cc1nnco1.Cc1nncs1. The fourth-order valence-corrected chi connectivity index (χ4v) is 8.99. The zero-order chi connectivity index (χ0) is 73.7. The standard InChI is InChI=1S/3C10H9N.2C9H8N2.C4H6N2.C4H5NO.C4H5NS.C3H5N3.2C3H4N2O.2C3H4N2S/c1-8-6-9-4-2-3-5-10(9)7-11-8;1-8-6-9-4-2-3-5-10(9)11-7-8;1-8-6-7-9-4-2-3-5-10(9)11-8;1-7-10-6-8-4-2-3-5-9(8)11-7;1-7-6-10-8-4-2-3-5-9(8)11-7;3*1-4-5-2-3-6-4;1-3-4-2-5-6-3;1-3-5-4-2-6-3;1-3-4-2-6-5-3;1-3-5-4-2-6-3;1-3-4-2-6-5-3/h3*2-7H,1H3;2*2-6H,1H3;2-3H,1H3,(H,5,6);2*2-3H,1H3;2H,1H3,(H,4,5,6);4*2H,1H3. The topological polar surface area (TPSA) is 329 Å². The minimum Gasteiger partial charge on any atom is -0.449 e. The smallest absolute Gasteiger partial charge is 0.213 e. The van der Waals surface area contributed by atoms with Gasteiger partial charge in [-0.2, -0.15) is 14.5 Å². The maximum absolute atomic E-state index is 4.72. The molecule has 0 saturated carbocycles. The summed E-state index contributed by atoms with van der Waals surface area (Å²) in [4.78, 5) is 55.4. The molecule has 0 unspecified atom stereocenters. The molecular weight excluding hydrogens is 1350 g/mol. The molecule has 0 amide bonds. The second-order valence-electron chi connectivity index (χ2n) is 21.2. The van der Waals surface area contributed by atoms with Crippen LogP contribution in [0.3, 0.4) is 0 Å². The second kappa shape index (κ2) is 46.0. The van der Waals surface area contributed by atoms with Crippen molar-refractivity contribution in [2.24, 2.45) is 0 Å². The van der Waals surface area contributed by atoms with Gasteiger partial charge >= 0.3 is 0 Å². The Kier molecular flexibility index (Phi) is 35.6. The first-order valence-electron chi connectivity index (χ1n) is 31.7. The van der Waals surface area contributed by atoms with E-state index in [1.165, 1.54) is 57.8 Å². The lowest BCUT2D eigenvalue weighted by Gasteiger charge is -1.96. The quantitative estimate of drug-likeness (QED) is 0.142. The van der Waals surface area contributed by atoms with Crippen LogP contribution in [0, 0.1) is 90.0 Å². The molecule has 0 aliphatic heterocycles. The summed E-state index contributed by atoms with van der Waals surface area (Å²) in [5.41, 5.74) is 12.8. The highest BCUT2D eigenvalue weighted by Crippen LogP contribution is 2.15. The molecule has 103 heavy (non-hydrogen) atoms. The van der Waals surface area contributed by atoms with Gasteiger partial charge in [0.05, 0.1) is 44.5 Å². The van der Waals surface area contributed by atoms with Crippen molar-refractivity contribution >= 4 is 88.7 Å². The van der Waals surface area contributed by atoms with Crippen molar-refractivity contribution in [3.63, 3.8) is 0 Å². The van der Waals surface area contributed by atoms with E-state index < -0.39 is 0 Å². The van der Waals surface area contributed by atoms with Gasteiger partial charge in [-0.05, 0) is 147 Å². The monoisotopic (exact) mass is 1430 g/mol. The molecule has 0 radical (unpaired) electrons. The number of thiazole rings is 1. The Bertz CT molecular complexity index is 4280. The Morgan fingerprint density at radius 3 is 1.53 bits per heavy atom. The number of rotatable bonds is 0. The lowest BCUT2D eigenvalue weighted by molar-refractivity contribution is 0.412. The molecule has 13 heterocycles. The van der Waals surface area contributed by atoms with Crippen LogP contribution in [0.15, 0.2) is 250 Å². The van der Waals surface area contributed by atoms with Gasteiger partial charge in [0, 0.05) is 95.5 Å². The maximum Gasteiger partial charge on any atom is 0.213 e.